The molecule has 16 heavy (non-hydrogen) atoms. The van der Waals surface area contributed by atoms with Gasteiger partial charge in [-0.05, 0) is 24.6 Å². The zero-order chi connectivity index (χ0) is 12.3. The lowest BCUT2D eigenvalue weighted by Crippen LogP contribution is -2.14. The van der Waals surface area contributed by atoms with E-state index in [1.54, 1.807) is 18.2 Å². The molecule has 1 unspecified atom stereocenters. The molecule has 0 spiro atoms. The van der Waals surface area contributed by atoms with Crippen LogP contribution in [0, 0.1) is 0 Å². The van der Waals surface area contributed by atoms with Crippen molar-refractivity contribution < 1.29 is 13.2 Å². The average Bonchev–Trinajstić information content (AvgIpc) is 2.25. The normalized spacial score (nSPS) is 13.5. The van der Waals surface area contributed by atoms with Gasteiger partial charge >= 0.3 is 0 Å². The van der Waals surface area contributed by atoms with E-state index >= 15 is 0 Å². The maximum absolute atomic E-state index is 11.6. The Morgan fingerprint density at radius 3 is 2.50 bits per heavy atom. The molecule has 0 aliphatic heterocycles. The Hall–Kier alpha value is -1.07. The molecule has 90 valence electrons. The van der Waals surface area contributed by atoms with Gasteiger partial charge in [0.25, 0.3) is 0 Å². The molecule has 0 bridgehead atoms. The first-order valence-electron chi connectivity index (χ1n) is 4.98. The summed E-state index contributed by atoms with van der Waals surface area (Å²) in [5, 5.41) is 0. The van der Waals surface area contributed by atoms with E-state index in [0.717, 1.165) is 0 Å². The first kappa shape index (κ1) is 13.0. The first-order chi connectivity index (χ1) is 7.41. The Morgan fingerprint density at radius 2 is 2.06 bits per heavy atom. The van der Waals surface area contributed by atoms with Crippen molar-refractivity contribution in [2.45, 2.75) is 17.7 Å². The summed E-state index contributed by atoms with van der Waals surface area (Å²) < 4.78 is 28.5. The predicted octanol–water partition coefficient (Wildman–Crippen LogP) is 1.16. The standard InChI is InChI=1S/C11H17NO3S/c1-8(7-12)11-9(15-2)5-4-6-10(11)16(3,13)14/h4-6,8H,7,12H2,1-3H3. The fourth-order valence-electron chi connectivity index (χ4n) is 1.63. The summed E-state index contributed by atoms with van der Waals surface area (Å²) in [6.45, 7) is 2.26. The number of rotatable bonds is 4. The molecule has 0 amide bonds. The Balaban J connectivity index is 3.50. The lowest BCUT2D eigenvalue weighted by molar-refractivity contribution is 0.404. The minimum absolute atomic E-state index is 0.0547. The molecule has 1 aromatic carbocycles. The van der Waals surface area contributed by atoms with Gasteiger partial charge in [0, 0.05) is 11.8 Å². The second-order valence-electron chi connectivity index (χ2n) is 3.78. The maximum Gasteiger partial charge on any atom is 0.175 e. The molecule has 1 atom stereocenters. The van der Waals surface area contributed by atoms with E-state index in [2.05, 4.69) is 0 Å². The summed E-state index contributed by atoms with van der Waals surface area (Å²) in [6, 6.07) is 5.00. The third kappa shape index (κ3) is 2.54. The van der Waals surface area contributed by atoms with Gasteiger partial charge in [0.1, 0.15) is 5.75 Å². The quantitative estimate of drug-likeness (QED) is 0.861. The molecule has 2 N–H and O–H groups in total. The highest BCUT2D eigenvalue weighted by atomic mass is 32.2. The molecule has 0 saturated heterocycles. The van der Waals surface area contributed by atoms with Crippen molar-refractivity contribution >= 4 is 9.84 Å². The molecular formula is C11H17NO3S. The van der Waals surface area contributed by atoms with Crippen LogP contribution in [0.3, 0.4) is 0 Å². The lowest BCUT2D eigenvalue weighted by atomic mass is 10.0. The number of ether oxygens (including phenoxy) is 1. The molecular weight excluding hydrogens is 226 g/mol. The van der Waals surface area contributed by atoms with E-state index in [-0.39, 0.29) is 5.92 Å². The van der Waals surface area contributed by atoms with Gasteiger partial charge in [-0.1, -0.05) is 13.0 Å². The summed E-state index contributed by atoms with van der Waals surface area (Å²) >= 11 is 0. The number of benzene rings is 1. The van der Waals surface area contributed by atoms with Crippen LogP contribution in [0.4, 0.5) is 0 Å². The van der Waals surface area contributed by atoms with Crippen LogP contribution in [0.25, 0.3) is 0 Å². The fraction of sp³-hybridized carbons (Fsp3) is 0.455. The summed E-state index contributed by atoms with van der Waals surface area (Å²) in [5.41, 5.74) is 6.25. The predicted molar refractivity (Wildman–Crippen MR) is 63.6 cm³/mol. The molecule has 5 heteroatoms. The maximum atomic E-state index is 11.6. The second-order valence-corrected chi connectivity index (χ2v) is 5.77. The van der Waals surface area contributed by atoms with E-state index in [0.29, 0.717) is 22.8 Å². The van der Waals surface area contributed by atoms with E-state index in [9.17, 15) is 8.42 Å². The van der Waals surface area contributed by atoms with Crippen molar-refractivity contribution in [2.75, 3.05) is 19.9 Å². The number of hydrogen-bond donors (Lipinski definition) is 1. The molecule has 0 aliphatic rings. The van der Waals surface area contributed by atoms with Crippen molar-refractivity contribution in [1.82, 2.24) is 0 Å². The van der Waals surface area contributed by atoms with E-state index in [4.69, 9.17) is 10.5 Å². The third-order valence-corrected chi connectivity index (χ3v) is 3.65. The largest absolute Gasteiger partial charge is 0.496 e. The monoisotopic (exact) mass is 243 g/mol. The smallest absolute Gasteiger partial charge is 0.175 e. The number of sulfone groups is 1. The fourth-order valence-corrected chi connectivity index (χ4v) is 2.66. The topological polar surface area (TPSA) is 69.4 Å². The lowest BCUT2D eigenvalue weighted by Gasteiger charge is -2.17. The van der Waals surface area contributed by atoms with Crippen LogP contribution in [0.5, 0.6) is 5.75 Å². The summed E-state index contributed by atoms with van der Waals surface area (Å²) in [6.07, 6.45) is 1.19. The molecule has 1 aromatic rings. The molecule has 0 fully saturated rings. The molecule has 0 radical (unpaired) electrons. The SMILES string of the molecule is COc1cccc(S(C)(=O)=O)c1C(C)CN. The summed E-state index contributed by atoms with van der Waals surface area (Å²) in [5.74, 6) is 0.516. The Bertz CT molecular complexity index is 468. The van der Waals surface area contributed by atoms with Gasteiger partial charge in [-0.2, -0.15) is 0 Å². The highest BCUT2D eigenvalue weighted by Crippen LogP contribution is 2.32. The first-order valence-corrected chi connectivity index (χ1v) is 6.88. The molecule has 0 saturated carbocycles. The minimum Gasteiger partial charge on any atom is -0.496 e. The summed E-state index contributed by atoms with van der Waals surface area (Å²) in [7, 11) is -1.73. The van der Waals surface area contributed by atoms with Crippen molar-refractivity contribution in [1.29, 1.82) is 0 Å². The second kappa shape index (κ2) is 4.84. The Morgan fingerprint density at radius 1 is 1.44 bits per heavy atom. The van der Waals surface area contributed by atoms with Crippen molar-refractivity contribution in [3.8, 4) is 5.75 Å². The van der Waals surface area contributed by atoms with Crippen molar-refractivity contribution in [3.05, 3.63) is 23.8 Å². The van der Waals surface area contributed by atoms with Crippen LogP contribution < -0.4 is 10.5 Å². The number of methoxy groups -OCH3 is 1. The summed E-state index contributed by atoms with van der Waals surface area (Å²) in [4.78, 5) is 0.296. The van der Waals surface area contributed by atoms with Gasteiger partial charge in [-0.25, -0.2) is 8.42 Å². The van der Waals surface area contributed by atoms with Crippen LogP contribution in [0.2, 0.25) is 0 Å². The zero-order valence-corrected chi connectivity index (χ0v) is 10.5. The van der Waals surface area contributed by atoms with Gasteiger partial charge in [0.05, 0.1) is 12.0 Å². The van der Waals surface area contributed by atoms with Gasteiger partial charge in [0.15, 0.2) is 9.84 Å². The van der Waals surface area contributed by atoms with Crippen LogP contribution >= 0.6 is 0 Å². The Kier molecular flexibility index (Phi) is 3.93. The van der Waals surface area contributed by atoms with Crippen LogP contribution in [0.1, 0.15) is 18.4 Å². The van der Waals surface area contributed by atoms with Gasteiger partial charge in [-0.15, -0.1) is 0 Å². The highest BCUT2D eigenvalue weighted by Gasteiger charge is 2.20. The minimum atomic E-state index is -3.26. The van der Waals surface area contributed by atoms with Crippen molar-refractivity contribution in [2.24, 2.45) is 5.73 Å². The Labute approximate surface area is 96.3 Å². The van der Waals surface area contributed by atoms with E-state index in [1.807, 2.05) is 6.92 Å². The molecule has 1 rings (SSSR count). The van der Waals surface area contributed by atoms with Gasteiger partial charge in [-0.3, -0.25) is 0 Å². The van der Waals surface area contributed by atoms with Crippen LogP contribution in [0.15, 0.2) is 23.1 Å². The van der Waals surface area contributed by atoms with Crippen LogP contribution in [-0.4, -0.2) is 28.3 Å². The van der Waals surface area contributed by atoms with E-state index in [1.165, 1.54) is 13.4 Å². The molecule has 0 heterocycles. The number of hydrogen-bond acceptors (Lipinski definition) is 4. The van der Waals surface area contributed by atoms with Gasteiger partial charge in [0.2, 0.25) is 0 Å². The highest BCUT2D eigenvalue weighted by molar-refractivity contribution is 7.90. The molecule has 4 nitrogen and oxygen atoms in total. The third-order valence-electron chi connectivity index (χ3n) is 2.49. The molecule has 0 aliphatic carbocycles. The van der Waals surface area contributed by atoms with E-state index < -0.39 is 9.84 Å². The number of nitrogens with two attached hydrogens (primary N) is 1. The molecule has 0 aromatic heterocycles. The van der Waals surface area contributed by atoms with Crippen LogP contribution in [-0.2, 0) is 9.84 Å². The van der Waals surface area contributed by atoms with Crippen molar-refractivity contribution in [3.63, 3.8) is 0 Å². The van der Waals surface area contributed by atoms with Gasteiger partial charge < -0.3 is 10.5 Å². The zero-order valence-electron chi connectivity index (χ0n) is 9.73. The average molecular weight is 243 g/mol.